The molecule has 7 fully saturated rings. The average Bonchev–Trinajstić information content (AvgIpc) is 3.45. The Kier molecular flexibility index (Phi) is 10.0. The van der Waals surface area contributed by atoms with E-state index in [1.807, 2.05) is 20.8 Å². The molecule has 0 aromatic heterocycles. The molecule has 7 rings (SSSR count). The summed E-state index contributed by atoms with van der Waals surface area (Å²) in [5.74, 6) is 0.331. The van der Waals surface area contributed by atoms with E-state index in [0.717, 1.165) is 38.5 Å². The van der Waals surface area contributed by atoms with Crippen molar-refractivity contribution in [3.05, 3.63) is 12.2 Å². The van der Waals surface area contributed by atoms with Crippen molar-refractivity contribution >= 4 is 21.8 Å². The first kappa shape index (κ1) is 40.7. The lowest BCUT2D eigenvalue weighted by Gasteiger charge is -2.73. The number of hydrogen-bond acceptors (Lipinski definition) is 8. The number of carboxylic acids is 1. The predicted octanol–water partition coefficient (Wildman–Crippen LogP) is 6.73. The third-order valence-electron chi connectivity index (χ3n) is 18.7. The normalized spacial score (nSPS) is 47.1. The van der Waals surface area contributed by atoms with E-state index < -0.39 is 39.2 Å². The van der Waals surface area contributed by atoms with Crippen LogP contribution in [0.1, 0.15) is 127 Å². The Labute approximate surface area is 326 Å². The Hall–Kier alpha value is -1.49. The van der Waals surface area contributed by atoms with Gasteiger partial charge in [-0.25, -0.2) is 8.42 Å². The van der Waals surface area contributed by atoms with Gasteiger partial charge in [-0.3, -0.25) is 14.5 Å². The summed E-state index contributed by atoms with van der Waals surface area (Å²) in [6, 6.07) is -0.122. The molecular weight excluding hydrogens is 701 g/mol. The molecule has 0 aromatic carbocycles. The van der Waals surface area contributed by atoms with Crippen molar-refractivity contribution in [2.45, 2.75) is 150 Å². The van der Waals surface area contributed by atoms with Crippen molar-refractivity contribution in [3.8, 4) is 0 Å². The van der Waals surface area contributed by atoms with E-state index in [9.17, 15) is 28.2 Å². The van der Waals surface area contributed by atoms with Gasteiger partial charge < -0.3 is 20.3 Å². The van der Waals surface area contributed by atoms with Crippen molar-refractivity contribution in [1.82, 2.24) is 10.2 Å². The fraction of sp³-hybridized carbons (Fsp3) is 0.909. The first-order valence-corrected chi connectivity index (χ1v) is 23.3. The van der Waals surface area contributed by atoms with Crippen molar-refractivity contribution in [1.29, 1.82) is 0 Å². The van der Waals surface area contributed by atoms with Gasteiger partial charge in [0.1, 0.15) is 6.10 Å². The van der Waals surface area contributed by atoms with E-state index >= 15 is 0 Å². The van der Waals surface area contributed by atoms with Crippen LogP contribution in [0.3, 0.4) is 0 Å². The summed E-state index contributed by atoms with van der Waals surface area (Å²) in [6.07, 6.45) is 10.3. The molecule has 14 atom stereocenters. The number of hydrogen-bond donors (Lipinski definition) is 3. The van der Waals surface area contributed by atoms with Gasteiger partial charge in [-0.2, -0.15) is 0 Å². The summed E-state index contributed by atoms with van der Waals surface area (Å²) in [5, 5.41) is 24.9. The van der Waals surface area contributed by atoms with E-state index in [0.29, 0.717) is 49.2 Å². The number of carboxylic acid groups (broad SMARTS) is 1. The van der Waals surface area contributed by atoms with Crippen molar-refractivity contribution in [2.75, 3.05) is 31.1 Å². The minimum atomic E-state index is -3.00. The van der Waals surface area contributed by atoms with Crippen LogP contribution < -0.4 is 5.32 Å². The van der Waals surface area contributed by atoms with Gasteiger partial charge >= 0.3 is 11.9 Å². The number of rotatable bonds is 9. The third-order valence-corrected chi connectivity index (χ3v) is 20.3. The highest BCUT2D eigenvalue weighted by molar-refractivity contribution is 7.91. The first-order chi connectivity index (χ1) is 25.0. The van der Waals surface area contributed by atoms with E-state index in [1.165, 1.54) is 31.3 Å². The van der Waals surface area contributed by atoms with Gasteiger partial charge in [0.05, 0.1) is 29.4 Å². The molecule has 0 spiro atoms. The summed E-state index contributed by atoms with van der Waals surface area (Å²) in [5.41, 5.74) is 0.960. The number of esters is 1. The maximum Gasteiger partial charge on any atom is 0.310 e. The van der Waals surface area contributed by atoms with Gasteiger partial charge in [0.2, 0.25) is 0 Å². The zero-order valence-electron chi connectivity index (χ0n) is 34.9. The number of carbonyl (C=O) groups excluding carboxylic acids is 1. The van der Waals surface area contributed by atoms with Gasteiger partial charge in [-0.1, -0.05) is 60.6 Å². The standard InChI is InChI=1S/C44H72N2O7S/c1-26(2)28-13-18-44(45-25-30(27(3)47)46-21-23-54(51,52)24-22-46)20-19-42(9)29(34(28)44)11-12-32-41(8)16-15-33(39(4,5)31(41)14-17-43(32,42)10)53-38(50)36-35(37(48)49)40(36,6)7/h27-36,45,47H,1,11-25H2,2-10H3,(H,48,49)/t27?,28-,29+,30?,31-,32+,33-,34+,35+,36-,41-,42+,43+,44-/m0/s1. The highest BCUT2D eigenvalue weighted by Crippen LogP contribution is 2.76. The van der Waals surface area contributed by atoms with Crippen LogP contribution >= 0.6 is 0 Å². The van der Waals surface area contributed by atoms with E-state index in [2.05, 4.69) is 58.3 Å². The molecule has 306 valence electrons. The lowest BCUT2D eigenvalue weighted by molar-refractivity contribution is -0.246. The number of nitrogens with one attached hydrogen (secondary N) is 1. The fourth-order valence-electron chi connectivity index (χ4n) is 15.4. The number of carbonyl (C=O) groups is 2. The monoisotopic (exact) mass is 773 g/mol. The predicted molar refractivity (Wildman–Crippen MR) is 211 cm³/mol. The number of aliphatic carboxylic acids is 1. The van der Waals surface area contributed by atoms with E-state index in [4.69, 9.17) is 4.74 Å². The van der Waals surface area contributed by atoms with Gasteiger partial charge in [0.25, 0.3) is 0 Å². The number of allylic oxidation sites excluding steroid dienone is 1. The maximum atomic E-state index is 13.5. The molecule has 9 nitrogen and oxygen atoms in total. The van der Waals surface area contributed by atoms with Crippen LogP contribution in [0.5, 0.6) is 0 Å². The minimum Gasteiger partial charge on any atom is -0.481 e. The third kappa shape index (κ3) is 6.01. The highest BCUT2D eigenvalue weighted by Gasteiger charge is 2.72. The Morgan fingerprint density at radius 3 is 2.11 bits per heavy atom. The SMILES string of the molecule is C=C(C)[C@@H]1CC[C@]2(NCC(C(C)O)N3CCS(=O)(=O)CC3)CC[C@]3(C)[C@H](CC[C@@H]4[C@@]5(C)CC[C@H](OC(=O)[C@@H]6[C@H](C(=O)O)C6(C)C)C(C)(C)[C@@H]5CC[C@]43C)[C@@H]12. The fourth-order valence-corrected chi connectivity index (χ4v) is 16.6. The van der Waals surface area contributed by atoms with Crippen LogP contribution in [0, 0.1) is 68.5 Å². The van der Waals surface area contributed by atoms with Gasteiger partial charge in [-0.05, 0) is 129 Å². The average molecular weight is 773 g/mol. The topological polar surface area (TPSA) is 133 Å². The van der Waals surface area contributed by atoms with Crippen LogP contribution in [0.25, 0.3) is 0 Å². The lowest BCUT2D eigenvalue weighted by Crippen LogP contribution is -2.69. The molecule has 7 aliphatic rings. The Morgan fingerprint density at radius 2 is 1.52 bits per heavy atom. The van der Waals surface area contributed by atoms with Crippen molar-refractivity contribution < 1.29 is 33.0 Å². The van der Waals surface area contributed by atoms with Crippen LogP contribution in [0.2, 0.25) is 0 Å². The zero-order chi connectivity index (χ0) is 39.6. The molecule has 1 saturated heterocycles. The molecule has 6 aliphatic carbocycles. The largest absolute Gasteiger partial charge is 0.481 e. The molecule has 1 aliphatic heterocycles. The second-order valence-corrected chi connectivity index (χ2v) is 23.9. The number of fused-ring (bicyclic) bond motifs is 7. The molecule has 0 amide bonds. The van der Waals surface area contributed by atoms with Gasteiger partial charge in [-0.15, -0.1) is 0 Å². The number of nitrogens with zero attached hydrogens (tertiary/aromatic N) is 1. The van der Waals surface area contributed by atoms with Crippen molar-refractivity contribution in [3.63, 3.8) is 0 Å². The molecule has 0 aromatic rings. The molecule has 10 heteroatoms. The van der Waals surface area contributed by atoms with Crippen LogP contribution in [-0.2, 0) is 24.2 Å². The van der Waals surface area contributed by atoms with Crippen LogP contribution in [0.15, 0.2) is 12.2 Å². The Bertz CT molecular complexity index is 1630. The molecule has 2 unspecified atom stereocenters. The van der Waals surface area contributed by atoms with Crippen molar-refractivity contribution in [2.24, 2.45) is 68.5 Å². The smallest absolute Gasteiger partial charge is 0.310 e. The summed E-state index contributed by atoms with van der Waals surface area (Å²) in [7, 11) is -3.00. The molecular formula is C44H72N2O7S. The summed E-state index contributed by atoms with van der Waals surface area (Å²) >= 11 is 0. The highest BCUT2D eigenvalue weighted by atomic mass is 32.2. The summed E-state index contributed by atoms with van der Waals surface area (Å²) < 4.78 is 30.8. The summed E-state index contributed by atoms with van der Waals surface area (Å²) in [4.78, 5) is 27.6. The number of aliphatic hydroxyl groups is 1. The van der Waals surface area contributed by atoms with Crippen LogP contribution in [-0.4, -0.2) is 90.4 Å². The maximum absolute atomic E-state index is 13.5. The first-order valence-electron chi connectivity index (χ1n) is 21.4. The summed E-state index contributed by atoms with van der Waals surface area (Å²) in [6.45, 7) is 26.5. The lowest BCUT2D eigenvalue weighted by atomic mass is 9.32. The zero-order valence-corrected chi connectivity index (χ0v) is 35.7. The molecule has 54 heavy (non-hydrogen) atoms. The van der Waals surface area contributed by atoms with E-state index in [-0.39, 0.29) is 56.8 Å². The Balaban J connectivity index is 1.11. The molecule has 6 saturated carbocycles. The quantitative estimate of drug-likeness (QED) is 0.172. The van der Waals surface area contributed by atoms with Crippen LogP contribution in [0.4, 0.5) is 0 Å². The van der Waals surface area contributed by atoms with Gasteiger partial charge in [0.15, 0.2) is 9.84 Å². The molecule has 1 heterocycles. The minimum absolute atomic E-state index is 0.0210. The van der Waals surface area contributed by atoms with E-state index in [1.54, 1.807) is 0 Å². The second-order valence-electron chi connectivity index (χ2n) is 21.6. The number of sulfone groups is 1. The number of ether oxygens (including phenoxy) is 1. The number of aliphatic hydroxyl groups excluding tert-OH is 1. The molecule has 0 bridgehead atoms. The Morgan fingerprint density at radius 1 is 0.852 bits per heavy atom. The molecule has 0 radical (unpaired) electrons. The van der Waals surface area contributed by atoms with Gasteiger partial charge in [0, 0.05) is 36.6 Å². The second kappa shape index (κ2) is 13.3. The molecule has 3 N–H and O–H groups in total.